The SMILES string of the molecule is O=C(N[C@@H](CCO)C(=O)O)c1cc(Cl)cc([N+](=O)[O-])c1. The van der Waals surface area contributed by atoms with E-state index in [4.69, 9.17) is 21.8 Å². The number of nitrogens with one attached hydrogen (secondary N) is 1. The average molecular weight is 303 g/mol. The smallest absolute Gasteiger partial charge is 0.326 e. The van der Waals surface area contributed by atoms with Crippen LogP contribution in [0.25, 0.3) is 0 Å². The predicted molar refractivity (Wildman–Crippen MR) is 68.7 cm³/mol. The minimum atomic E-state index is -1.32. The average Bonchev–Trinajstić information content (AvgIpc) is 2.37. The Balaban J connectivity index is 2.97. The fourth-order valence-electron chi connectivity index (χ4n) is 1.44. The zero-order chi connectivity index (χ0) is 15.3. The van der Waals surface area contributed by atoms with Crippen molar-refractivity contribution in [3.05, 3.63) is 38.9 Å². The van der Waals surface area contributed by atoms with Gasteiger partial charge in [0.15, 0.2) is 0 Å². The molecule has 1 aromatic carbocycles. The number of aliphatic hydroxyl groups excluding tert-OH is 1. The lowest BCUT2D eigenvalue weighted by atomic mass is 10.1. The molecule has 0 aliphatic carbocycles. The summed E-state index contributed by atoms with van der Waals surface area (Å²) in [6, 6.07) is 1.95. The molecule has 3 N–H and O–H groups in total. The van der Waals surface area contributed by atoms with E-state index >= 15 is 0 Å². The molecule has 1 aromatic rings. The van der Waals surface area contributed by atoms with Crippen molar-refractivity contribution in [3.63, 3.8) is 0 Å². The first-order chi connectivity index (χ1) is 9.35. The lowest BCUT2D eigenvalue weighted by Crippen LogP contribution is -2.41. The second kappa shape index (κ2) is 6.83. The van der Waals surface area contributed by atoms with Crippen LogP contribution in [0.3, 0.4) is 0 Å². The third-order valence-electron chi connectivity index (χ3n) is 2.38. The number of aliphatic hydroxyl groups is 1. The quantitative estimate of drug-likeness (QED) is 0.526. The third-order valence-corrected chi connectivity index (χ3v) is 2.59. The van der Waals surface area contributed by atoms with E-state index in [-0.39, 0.29) is 22.7 Å². The summed E-state index contributed by atoms with van der Waals surface area (Å²) in [5.74, 6) is -2.14. The van der Waals surface area contributed by atoms with Crippen molar-refractivity contribution in [1.29, 1.82) is 0 Å². The number of nitro benzene ring substituents is 1. The normalized spacial score (nSPS) is 11.7. The summed E-state index contributed by atoms with van der Waals surface area (Å²) in [6.07, 6.45) is -0.177. The molecule has 0 saturated heterocycles. The van der Waals surface area contributed by atoms with Gasteiger partial charge >= 0.3 is 5.97 Å². The van der Waals surface area contributed by atoms with Gasteiger partial charge in [-0.15, -0.1) is 0 Å². The van der Waals surface area contributed by atoms with Crippen molar-refractivity contribution < 1.29 is 24.7 Å². The topological polar surface area (TPSA) is 130 Å². The number of hydrogen-bond donors (Lipinski definition) is 3. The van der Waals surface area contributed by atoms with Crippen LogP contribution in [-0.2, 0) is 4.79 Å². The molecule has 0 aliphatic heterocycles. The maximum absolute atomic E-state index is 11.8. The zero-order valence-corrected chi connectivity index (χ0v) is 10.8. The fourth-order valence-corrected chi connectivity index (χ4v) is 1.67. The van der Waals surface area contributed by atoms with E-state index in [0.29, 0.717) is 0 Å². The third kappa shape index (κ3) is 4.18. The van der Waals surface area contributed by atoms with Crippen LogP contribution in [0.2, 0.25) is 5.02 Å². The van der Waals surface area contributed by atoms with Gasteiger partial charge in [0.05, 0.1) is 4.92 Å². The van der Waals surface area contributed by atoms with Crippen molar-refractivity contribution in [3.8, 4) is 0 Å². The number of carbonyl (C=O) groups excluding carboxylic acids is 1. The van der Waals surface area contributed by atoms with E-state index in [9.17, 15) is 19.7 Å². The molecule has 0 spiro atoms. The van der Waals surface area contributed by atoms with Gasteiger partial charge in [-0.05, 0) is 6.07 Å². The van der Waals surface area contributed by atoms with Gasteiger partial charge in [0.2, 0.25) is 0 Å². The lowest BCUT2D eigenvalue weighted by Gasteiger charge is -2.13. The molecule has 0 radical (unpaired) electrons. The second-order valence-electron chi connectivity index (χ2n) is 3.83. The molecule has 8 nitrogen and oxygen atoms in total. The lowest BCUT2D eigenvalue weighted by molar-refractivity contribution is -0.384. The first-order valence-electron chi connectivity index (χ1n) is 5.44. The molecule has 0 bridgehead atoms. The molecular formula is C11H11ClN2O6. The van der Waals surface area contributed by atoms with E-state index in [1.54, 1.807) is 0 Å². The summed E-state index contributed by atoms with van der Waals surface area (Å²) in [5, 5.41) is 30.3. The highest BCUT2D eigenvalue weighted by Crippen LogP contribution is 2.20. The number of halogens is 1. The Morgan fingerprint density at radius 2 is 2.05 bits per heavy atom. The number of carbonyl (C=O) groups is 2. The molecular weight excluding hydrogens is 292 g/mol. The highest BCUT2D eigenvalue weighted by Gasteiger charge is 2.21. The number of non-ortho nitro benzene ring substituents is 1. The maximum Gasteiger partial charge on any atom is 0.326 e. The van der Waals surface area contributed by atoms with Crippen LogP contribution in [0, 0.1) is 10.1 Å². The second-order valence-corrected chi connectivity index (χ2v) is 4.27. The summed E-state index contributed by atoms with van der Waals surface area (Å²) in [6.45, 7) is -0.424. The van der Waals surface area contributed by atoms with Gasteiger partial charge in [0, 0.05) is 35.7 Å². The number of benzene rings is 1. The number of carboxylic acid groups (broad SMARTS) is 1. The molecule has 1 atom stereocenters. The van der Waals surface area contributed by atoms with Gasteiger partial charge in [0.1, 0.15) is 6.04 Å². The molecule has 9 heteroatoms. The zero-order valence-electron chi connectivity index (χ0n) is 10.1. The van der Waals surface area contributed by atoms with Gasteiger partial charge in [-0.1, -0.05) is 11.6 Å². The van der Waals surface area contributed by atoms with E-state index in [1.165, 1.54) is 6.07 Å². The van der Waals surface area contributed by atoms with Crippen LogP contribution < -0.4 is 5.32 Å². The monoisotopic (exact) mass is 302 g/mol. The van der Waals surface area contributed by atoms with E-state index < -0.39 is 29.4 Å². The summed E-state index contributed by atoms with van der Waals surface area (Å²) in [4.78, 5) is 32.6. The molecule has 0 fully saturated rings. The molecule has 0 aromatic heterocycles. The van der Waals surface area contributed by atoms with Crippen LogP contribution in [0.1, 0.15) is 16.8 Å². The van der Waals surface area contributed by atoms with Crippen LogP contribution in [0.4, 0.5) is 5.69 Å². The van der Waals surface area contributed by atoms with Crippen molar-refractivity contribution >= 4 is 29.2 Å². The molecule has 0 saturated carbocycles. The Hall–Kier alpha value is -2.19. The first-order valence-corrected chi connectivity index (χ1v) is 5.82. The van der Waals surface area contributed by atoms with E-state index in [0.717, 1.165) is 12.1 Å². The Kier molecular flexibility index (Phi) is 5.42. The maximum atomic E-state index is 11.8. The van der Waals surface area contributed by atoms with Crippen LogP contribution >= 0.6 is 11.6 Å². The number of nitrogens with zero attached hydrogens (tertiary/aromatic N) is 1. The largest absolute Gasteiger partial charge is 0.480 e. The number of aliphatic carboxylic acids is 1. The molecule has 108 valence electrons. The van der Waals surface area contributed by atoms with E-state index in [1.807, 2.05) is 0 Å². The predicted octanol–water partition coefficient (Wildman–Crippen LogP) is 0.814. The molecule has 1 amide bonds. The Morgan fingerprint density at radius 3 is 2.55 bits per heavy atom. The van der Waals surface area contributed by atoms with Crippen LogP contribution in [0.15, 0.2) is 18.2 Å². The Bertz CT molecular complexity index is 548. The number of rotatable bonds is 6. The van der Waals surface area contributed by atoms with Gasteiger partial charge in [-0.3, -0.25) is 14.9 Å². The number of hydrogen-bond acceptors (Lipinski definition) is 5. The molecule has 0 unspecified atom stereocenters. The van der Waals surface area contributed by atoms with Gasteiger partial charge in [0.25, 0.3) is 11.6 Å². The van der Waals surface area contributed by atoms with Crippen LogP contribution in [-0.4, -0.2) is 39.7 Å². The molecule has 0 heterocycles. The molecule has 20 heavy (non-hydrogen) atoms. The summed E-state index contributed by atoms with van der Waals surface area (Å²) >= 11 is 5.66. The van der Waals surface area contributed by atoms with Gasteiger partial charge in [-0.2, -0.15) is 0 Å². The van der Waals surface area contributed by atoms with Crippen molar-refractivity contribution in [2.24, 2.45) is 0 Å². The van der Waals surface area contributed by atoms with E-state index in [2.05, 4.69) is 5.32 Å². The van der Waals surface area contributed by atoms with Crippen LogP contribution in [0.5, 0.6) is 0 Å². The molecule has 0 aliphatic rings. The van der Waals surface area contributed by atoms with Crippen molar-refractivity contribution in [2.75, 3.05) is 6.61 Å². The Morgan fingerprint density at radius 1 is 1.40 bits per heavy atom. The molecule has 1 rings (SSSR count). The minimum absolute atomic E-state index is 0.0154. The number of nitro groups is 1. The minimum Gasteiger partial charge on any atom is -0.480 e. The highest BCUT2D eigenvalue weighted by molar-refractivity contribution is 6.31. The van der Waals surface area contributed by atoms with Crippen molar-refractivity contribution in [2.45, 2.75) is 12.5 Å². The number of amides is 1. The summed E-state index contributed by atoms with van der Waals surface area (Å²) in [7, 11) is 0. The first kappa shape index (κ1) is 15.9. The Labute approximate surface area is 118 Å². The summed E-state index contributed by atoms with van der Waals surface area (Å²) < 4.78 is 0. The van der Waals surface area contributed by atoms with Crippen molar-refractivity contribution in [1.82, 2.24) is 5.32 Å². The highest BCUT2D eigenvalue weighted by atomic mass is 35.5. The summed E-state index contributed by atoms with van der Waals surface area (Å²) in [5.41, 5.74) is -0.509. The fraction of sp³-hybridized carbons (Fsp3) is 0.273. The number of carboxylic acids is 1. The van der Waals surface area contributed by atoms with Gasteiger partial charge < -0.3 is 15.5 Å². The van der Waals surface area contributed by atoms with Gasteiger partial charge in [-0.25, -0.2) is 4.79 Å². The standard InChI is InChI=1S/C11H11ClN2O6/c12-7-3-6(4-8(5-7)14(19)20)10(16)13-9(1-2-15)11(17)18/h3-5,9,15H,1-2H2,(H,13,16)(H,17,18)/t9-/m0/s1.